The quantitative estimate of drug-likeness (QED) is 0.651. The predicted molar refractivity (Wildman–Crippen MR) is 85.0 cm³/mol. The number of halogens is 3. The van der Waals surface area contributed by atoms with Crippen LogP contribution in [-0.4, -0.2) is 21.1 Å². The molecule has 1 amide bonds. The number of alkyl halides is 3. The fourth-order valence-electron chi connectivity index (χ4n) is 1.90. The molecule has 0 radical (unpaired) electrons. The highest BCUT2D eigenvalue weighted by Crippen LogP contribution is 2.34. The Balaban J connectivity index is 2.14. The molecule has 24 heavy (non-hydrogen) atoms. The lowest BCUT2D eigenvalue weighted by atomic mass is 10.1. The number of hydrogen-bond acceptors (Lipinski definition) is 4. The summed E-state index contributed by atoms with van der Waals surface area (Å²) in [6.07, 6.45) is -4.57. The lowest BCUT2D eigenvalue weighted by Gasteiger charge is -2.16. The molecular weight excluding hydrogens is 343 g/mol. The maximum Gasteiger partial charge on any atom is 0.418 e. The van der Waals surface area contributed by atoms with Gasteiger partial charge < -0.3 is 10.3 Å². The van der Waals surface area contributed by atoms with Gasteiger partial charge in [0.15, 0.2) is 5.16 Å². The standard InChI is InChI=1S/C15H14F3N3O2S/c1-8-7-12(22)21-14(19-8)24-9(2)13(23)20-11-6-4-3-5-10(11)15(16,17)18/h3-7,9H,1-2H3,(H,20,23)(H,19,21,22)/t9-/m1/s1. The molecule has 1 heterocycles. The Bertz CT molecular complexity index is 805. The molecule has 2 N–H and O–H groups in total. The van der Waals surface area contributed by atoms with E-state index in [-0.39, 0.29) is 16.4 Å². The van der Waals surface area contributed by atoms with Crippen LogP contribution in [0.4, 0.5) is 18.9 Å². The molecule has 1 atom stereocenters. The summed E-state index contributed by atoms with van der Waals surface area (Å²) in [5.74, 6) is -0.624. The van der Waals surface area contributed by atoms with E-state index in [9.17, 15) is 22.8 Å². The van der Waals surface area contributed by atoms with Gasteiger partial charge in [0, 0.05) is 11.8 Å². The van der Waals surface area contributed by atoms with E-state index in [1.165, 1.54) is 31.2 Å². The summed E-state index contributed by atoms with van der Waals surface area (Å²) in [4.78, 5) is 30.1. The minimum atomic E-state index is -4.57. The van der Waals surface area contributed by atoms with E-state index < -0.39 is 22.9 Å². The molecule has 0 aliphatic heterocycles. The third kappa shape index (κ3) is 4.60. The summed E-state index contributed by atoms with van der Waals surface area (Å²) < 4.78 is 38.8. The number of aryl methyl sites for hydroxylation is 1. The average Bonchev–Trinajstić information content (AvgIpc) is 2.45. The van der Waals surface area contributed by atoms with Gasteiger partial charge in [-0.25, -0.2) is 4.98 Å². The van der Waals surface area contributed by atoms with Crippen LogP contribution in [0.1, 0.15) is 18.2 Å². The highest BCUT2D eigenvalue weighted by Gasteiger charge is 2.33. The summed E-state index contributed by atoms with van der Waals surface area (Å²) in [5, 5.41) is 1.74. The maximum absolute atomic E-state index is 12.9. The van der Waals surface area contributed by atoms with Gasteiger partial charge in [-0.3, -0.25) is 9.59 Å². The number of rotatable bonds is 4. The second kappa shape index (κ2) is 7.08. The minimum absolute atomic E-state index is 0.228. The molecule has 2 rings (SSSR count). The SMILES string of the molecule is Cc1cc(=O)[nH]c(S[C@H](C)C(=O)Nc2ccccc2C(F)(F)F)n1. The summed E-state index contributed by atoms with van der Waals surface area (Å²) in [6, 6.07) is 6.03. The van der Waals surface area contributed by atoms with Crippen molar-refractivity contribution in [1.29, 1.82) is 0 Å². The molecule has 0 aliphatic carbocycles. The molecule has 0 unspecified atom stereocenters. The first kappa shape index (κ1) is 18.1. The number of carbonyl (C=O) groups is 1. The van der Waals surface area contributed by atoms with E-state index >= 15 is 0 Å². The molecular formula is C15H14F3N3O2S. The topological polar surface area (TPSA) is 74.8 Å². The highest BCUT2D eigenvalue weighted by atomic mass is 32.2. The number of aromatic nitrogens is 2. The molecule has 0 saturated heterocycles. The van der Waals surface area contributed by atoms with Crippen molar-refractivity contribution in [2.45, 2.75) is 30.4 Å². The lowest BCUT2D eigenvalue weighted by Crippen LogP contribution is -2.25. The summed E-state index contributed by atoms with van der Waals surface area (Å²) in [6.45, 7) is 3.14. The van der Waals surface area contributed by atoms with Crippen LogP contribution < -0.4 is 10.9 Å². The zero-order valence-electron chi connectivity index (χ0n) is 12.8. The van der Waals surface area contributed by atoms with Gasteiger partial charge in [0.25, 0.3) is 5.56 Å². The maximum atomic E-state index is 12.9. The van der Waals surface area contributed by atoms with Crippen LogP contribution in [0.25, 0.3) is 0 Å². The minimum Gasteiger partial charge on any atom is -0.325 e. The number of H-pyrrole nitrogens is 1. The monoisotopic (exact) mass is 357 g/mol. The summed E-state index contributed by atoms with van der Waals surface area (Å²) in [5.41, 5.74) is -1.11. The first-order valence-electron chi connectivity index (χ1n) is 6.88. The second-order valence-electron chi connectivity index (χ2n) is 4.98. The second-order valence-corrected chi connectivity index (χ2v) is 6.31. The largest absolute Gasteiger partial charge is 0.418 e. The fraction of sp³-hybridized carbons (Fsp3) is 0.267. The molecule has 128 valence electrons. The van der Waals surface area contributed by atoms with E-state index in [0.717, 1.165) is 17.8 Å². The Morgan fingerprint density at radius 1 is 1.33 bits per heavy atom. The zero-order chi connectivity index (χ0) is 17.9. The number of thioether (sulfide) groups is 1. The third-order valence-electron chi connectivity index (χ3n) is 3.00. The van der Waals surface area contributed by atoms with Gasteiger partial charge >= 0.3 is 6.18 Å². The van der Waals surface area contributed by atoms with Gasteiger partial charge in [-0.05, 0) is 26.0 Å². The number of anilines is 1. The molecule has 5 nitrogen and oxygen atoms in total. The van der Waals surface area contributed by atoms with Crippen LogP contribution >= 0.6 is 11.8 Å². The van der Waals surface area contributed by atoms with Gasteiger partial charge in [-0.2, -0.15) is 13.2 Å². The first-order chi connectivity index (χ1) is 11.2. The molecule has 1 aromatic carbocycles. The smallest absolute Gasteiger partial charge is 0.325 e. The van der Waals surface area contributed by atoms with Crippen molar-refractivity contribution in [2.24, 2.45) is 0 Å². The average molecular weight is 357 g/mol. The fourth-order valence-corrected chi connectivity index (χ4v) is 2.76. The van der Waals surface area contributed by atoms with E-state index in [0.29, 0.717) is 5.69 Å². The van der Waals surface area contributed by atoms with Gasteiger partial charge in [0.1, 0.15) is 0 Å². The van der Waals surface area contributed by atoms with Crippen LogP contribution in [0.5, 0.6) is 0 Å². The number of nitrogens with zero attached hydrogens (tertiary/aromatic N) is 1. The molecule has 0 bridgehead atoms. The molecule has 0 spiro atoms. The molecule has 0 saturated carbocycles. The van der Waals surface area contributed by atoms with Crippen molar-refractivity contribution < 1.29 is 18.0 Å². The third-order valence-corrected chi connectivity index (χ3v) is 3.98. The van der Waals surface area contributed by atoms with Crippen molar-refractivity contribution in [3.63, 3.8) is 0 Å². The summed E-state index contributed by atoms with van der Waals surface area (Å²) >= 11 is 0.953. The Labute approximate surface area is 139 Å². The van der Waals surface area contributed by atoms with Crippen molar-refractivity contribution in [3.05, 3.63) is 51.9 Å². The summed E-state index contributed by atoms with van der Waals surface area (Å²) in [7, 11) is 0. The molecule has 0 aliphatic rings. The first-order valence-corrected chi connectivity index (χ1v) is 7.76. The molecule has 1 aromatic heterocycles. The van der Waals surface area contributed by atoms with Gasteiger partial charge in [-0.1, -0.05) is 23.9 Å². The van der Waals surface area contributed by atoms with E-state index in [1.807, 2.05) is 0 Å². The van der Waals surface area contributed by atoms with E-state index in [1.54, 1.807) is 6.92 Å². The lowest BCUT2D eigenvalue weighted by molar-refractivity contribution is -0.137. The van der Waals surface area contributed by atoms with Crippen molar-refractivity contribution >= 4 is 23.4 Å². The Kier molecular flexibility index (Phi) is 5.33. The number of para-hydroxylation sites is 1. The van der Waals surface area contributed by atoms with Crippen LogP contribution in [0.2, 0.25) is 0 Å². The number of benzene rings is 1. The number of nitrogens with one attached hydrogen (secondary N) is 2. The van der Waals surface area contributed by atoms with Gasteiger partial charge in [0.05, 0.1) is 16.5 Å². The van der Waals surface area contributed by atoms with Gasteiger partial charge in [0.2, 0.25) is 5.91 Å². The van der Waals surface area contributed by atoms with Crippen LogP contribution in [0, 0.1) is 6.92 Å². The highest BCUT2D eigenvalue weighted by molar-refractivity contribution is 8.00. The van der Waals surface area contributed by atoms with Crippen molar-refractivity contribution in [2.75, 3.05) is 5.32 Å². The zero-order valence-corrected chi connectivity index (χ0v) is 13.6. The number of aromatic amines is 1. The van der Waals surface area contributed by atoms with Crippen LogP contribution in [-0.2, 0) is 11.0 Å². The Morgan fingerprint density at radius 3 is 2.62 bits per heavy atom. The van der Waals surface area contributed by atoms with Crippen molar-refractivity contribution in [3.8, 4) is 0 Å². The number of hydrogen-bond donors (Lipinski definition) is 2. The van der Waals surface area contributed by atoms with Gasteiger partial charge in [-0.15, -0.1) is 0 Å². The van der Waals surface area contributed by atoms with E-state index in [4.69, 9.17) is 0 Å². The number of amides is 1. The van der Waals surface area contributed by atoms with Crippen LogP contribution in [0.3, 0.4) is 0 Å². The van der Waals surface area contributed by atoms with Crippen molar-refractivity contribution in [1.82, 2.24) is 9.97 Å². The predicted octanol–water partition coefficient (Wildman–Crippen LogP) is 3.22. The Hall–Kier alpha value is -2.29. The number of carbonyl (C=O) groups excluding carboxylic acids is 1. The van der Waals surface area contributed by atoms with Crippen LogP contribution in [0.15, 0.2) is 40.3 Å². The Morgan fingerprint density at radius 2 is 2.00 bits per heavy atom. The molecule has 9 heteroatoms. The molecule has 0 fully saturated rings. The normalized spacial score (nSPS) is 12.7. The molecule has 2 aromatic rings. The van der Waals surface area contributed by atoms with E-state index in [2.05, 4.69) is 15.3 Å².